The van der Waals surface area contributed by atoms with E-state index >= 15 is 0 Å². The zero-order chi connectivity index (χ0) is 20.5. The molecule has 29 heavy (non-hydrogen) atoms. The molecule has 0 aliphatic carbocycles. The van der Waals surface area contributed by atoms with Gasteiger partial charge < -0.3 is 9.67 Å². The maximum absolute atomic E-state index is 13.4. The molecule has 4 aromatic rings. The molecule has 0 saturated carbocycles. The Balaban J connectivity index is 2.15. The minimum absolute atomic E-state index is 0.212. The van der Waals surface area contributed by atoms with Gasteiger partial charge in [0.05, 0.1) is 12.1 Å². The summed E-state index contributed by atoms with van der Waals surface area (Å²) in [5, 5.41) is 10.7. The van der Waals surface area contributed by atoms with Gasteiger partial charge in [0.1, 0.15) is 5.56 Å². The zero-order valence-electron chi connectivity index (χ0n) is 16.2. The Morgan fingerprint density at radius 2 is 1.76 bits per heavy atom. The molecule has 144 valence electrons. The van der Waals surface area contributed by atoms with Gasteiger partial charge in [0, 0.05) is 23.3 Å². The van der Waals surface area contributed by atoms with Crippen LogP contribution < -0.4 is 5.56 Å². The van der Waals surface area contributed by atoms with Crippen LogP contribution in [0.5, 0.6) is 0 Å². The highest BCUT2D eigenvalue weighted by molar-refractivity contribution is 6.06. The van der Waals surface area contributed by atoms with Crippen molar-refractivity contribution in [3.63, 3.8) is 0 Å². The Kier molecular flexibility index (Phi) is 4.72. The number of carbonyl (C=O) groups is 1. The summed E-state index contributed by atoms with van der Waals surface area (Å²) in [6, 6.07) is 16.8. The van der Waals surface area contributed by atoms with E-state index in [0.717, 1.165) is 22.1 Å². The lowest BCUT2D eigenvalue weighted by Gasteiger charge is -2.18. The molecule has 4 rings (SSSR count). The molecule has 0 amide bonds. The number of fused-ring (bicyclic) bond motifs is 1. The fourth-order valence-electron chi connectivity index (χ4n) is 3.64. The number of pyridine rings is 2. The van der Waals surface area contributed by atoms with Crippen LogP contribution in [0.25, 0.3) is 22.0 Å². The third kappa shape index (κ3) is 3.31. The lowest BCUT2D eigenvalue weighted by Crippen LogP contribution is -2.28. The highest BCUT2D eigenvalue weighted by Gasteiger charge is 2.23. The highest BCUT2D eigenvalue weighted by atomic mass is 16.4. The topological polar surface area (TPSA) is 72.2 Å². The Labute approximate surface area is 167 Å². The van der Waals surface area contributed by atoms with Crippen molar-refractivity contribution in [3.8, 4) is 11.1 Å². The van der Waals surface area contributed by atoms with E-state index < -0.39 is 11.5 Å². The maximum atomic E-state index is 13.4. The molecule has 0 aliphatic rings. The van der Waals surface area contributed by atoms with Crippen molar-refractivity contribution in [1.29, 1.82) is 0 Å². The molecular formula is C24H20N2O3. The van der Waals surface area contributed by atoms with Gasteiger partial charge in [-0.2, -0.15) is 0 Å². The van der Waals surface area contributed by atoms with Gasteiger partial charge in [-0.3, -0.25) is 9.78 Å². The van der Waals surface area contributed by atoms with Gasteiger partial charge in [-0.15, -0.1) is 0 Å². The number of aromatic nitrogens is 2. The van der Waals surface area contributed by atoms with Crippen LogP contribution >= 0.6 is 0 Å². The van der Waals surface area contributed by atoms with Gasteiger partial charge in [0.25, 0.3) is 5.56 Å². The van der Waals surface area contributed by atoms with Crippen LogP contribution in [0.15, 0.2) is 71.8 Å². The first-order valence-corrected chi connectivity index (χ1v) is 9.32. The van der Waals surface area contributed by atoms with Gasteiger partial charge >= 0.3 is 5.97 Å². The number of aryl methyl sites for hydroxylation is 2. The third-order valence-electron chi connectivity index (χ3n) is 5.22. The summed E-state index contributed by atoms with van der Waals surface area (Å²) in [5.74, 6) is -1.23. The monoisotopic (exact) mass is 384 g/mol. The second-order valence-corrected chi connectivity index (χ2v) is 7.13. The number of hydrogen-bond acceptors (Lipinski definition) is 3. The van der Waals surface area contributed by atoms with Crippen LogP contribution in [0.2, 0.25) is 0 Å². The highest BCUT2D eigenvalue weighted by Crippen LogP contribution is 2.32. The van der Waals surface area contributed by atoms with Crippen LogP contribution in [-0.2, 0) is 6.54 Å². The van der Waals surface area contributed by atoms with Crippen molar-refractivity contribution in [2.24, 2.45) is 0 Å². The SMILES string of the molecule is Cc1cc2c(-c3ccccc3)c(C(=O)O)c(=O)n(Cc3cccnc3)c2cc1C. The van der Waals surface area contributed by atoms with Gasteiger partial charge in [-0.25, -0.2) is 4.79 Å². The molecule has 0 spiro atoms. The minimum atomic E-state index is -1.23. The van der Waals surface area contributed by atoms with Crippen molar-refractivity contribution in [1.82, 2.24) is 9.55 Å². The van der Waals surface area contributed by atoms with E-state index in [1.165, 1.54) is 4.57 Å². The van der Waals surface area contributed by atoms with Gasteiger partial charge in [0.15, 0.2) is 0 Å². The lowest BCUT2D eigenvalue weighted by molar-refractivity contribution is 0.0695. The van der Waals surface area contributed by atoms with Crippen molar-refractivity contribution < 1.29 is 9.90 Å². The molecule has 0 unspecified atom stereocenters. The van der Waals surface area contributed by atoms with E-state index in [4.69, 9.17) is 0 Å². The average Bonchev–Trinajstić information content (AvgIpc) is 2.72. The molecule has 0 bridgehead atoms. The van der Waals surface area contributed by atoms with E-state index in [-0.39, 0.29) is 12.1 Å². The smallest absolute Gasteiger partial charge is 0.342 e. The Hall–Kier alpha value is -3.73. The summed E-state index contributed by atoms with van der Waals surface area (Å²) >= 11 is 0. The summed E-state index contributed by atoms with van der Waals surface area (Å²) in [4.78, 5) is 29.7. The third-order valence-corrected chi connectivity index (χ3v) is 5.22. The number of benzene rings is 2. The summed E-state index contributed by atoms with van der Waals surface area (Å²) < 4.78 is 1.54. The molecule has 2 aromatic carbocycles. The van der Waals surface area contributed by atoms with E-state index in [0.29, 0.717) is 16.6 Å². The number of rotatable bonds is 4. The molecular weight excluding hydrogens is 364 g/mol. The molecule has 0 aliphatic heterocycles. The Morgan fingerprint density at radius 3 is 2.41 bits per heavy atom. The molecule has 2 aromatic heterocycles. The van der Waals surface area contributed by atoms with Gasteiger partial charge in [-0.1, -0.05) is 36.4 Å². The fourth-order valence-corrected chi connectivity index (χ4v) is 3.64. The second kappa shape index (κ2) is 7.36. The first-order chi connectivity index (χ1) is 14.0. The normalized spacial score (nSPS) is 11.0. The van der Waals surface area contributed by atoms with Gasteiger partial charge in [-0.05, 0) is 54.3 Å². The molecule has 0 atom stereocenters. The molecule has 0 radical (unpaired) electrons. The summed E-state index contributed by atoms with van der Waals surface area (Å²) in [6.45, 7) is 4.22. The van der Waals surface area contributed by atoms with E-state index in [2.05, 4.69) is 4.98 Å². The fraction of sp³-hybridized carbons (Fsp3) is 0.125. The summed E-state index contributed by atoms with van der Waals surface area (Å²) in [7, 11) is 0. The number of carboxylic acids is 1. The summed E-state index contributed by atoms with van der Waals surface area (Å²) in [5.41, 5.74) is 4.07. The Morgan fingerprint density at radius 1 is 1.03 bits per heavy atom. The standard InChI is InChI=1S/C24H20N2O3/c1-15-11-19-20(12-16(15)2)26(14-17-7-6-10-25-13-17)23(27)22(24(28)29)21(19)18-8-4-3-5-9-18/h3-13H,14H2,1-2H3,(H,28,29). The van der Waals surface area contributed by atoms with Crippen LogP contribution in [0.1, 0.15) is 27.0 Å². The van der Waals surface area contributed by atoms with E-state index in [1.807, 2.05) is 62.4 Å². The second-order valence-electron chi connectivity index (χ2n) is 7.13. The summed E-state index contributed by atoms with van der Waals surface area (Å²) in [6.07, 6.45) is 3.35. The zero-order valence-corrected chi connectivity index (χ0v) is 16.2. The lowest BCUT2D eigenvalue weighted by atomic mass is 9.93. The predicted molar refractivity (Wildman–Crippen MR) is 113 cm³/mol. The van der Waals surface area contributed by atoms with Gasteiger partial charge in [0.2, 0.25) is 0 Å². The molecule has 5 nitrogen and oxygen atoms in total. The maximum Gasteiger partial charge on any atom is 0.342 e. The number of nitrogens with zero attached hydrogens (tertiary/aromatic N) is 2. The average molecular weight is 384 g/mol. The van der Waals surface area contributed by atoms with E-state index in [9.17, 15) is 14.7 Å². The number of hydrogen-bond donors (Lipinski definition) is 1. The molecule has 1 N–H and O–H groups in total. The predicted octanol–water partition coefficient (Wildman–Crippen LogP) is 4.43. The Bertz CT molecular complexity index is 1280. The van der Waals surface area contributed by atoms with Crippen molar-refractivity contribution in [3.05, 3.63) is 99.6 Å². The van der Waals surface area contributed by atoms with Crippen molar-refractivity contribution >= 4 is 16.9 Å². The largest absolute Gasteiger partial charge is 0.477 e. The van der Waals surface area contributed by atoms with Crippen molar-refractivity contribution in [2.75, 3.05) is 0 Å². The van der Waals surface area contributed by atoms with Crippen LogP contribution in [-0.4, -0.2) is 20.6 Å². The van der Waals surface area contributed by atoms with Crippen LogP contribution in [0.4, 0.5) is 0 Å². The molecule has 5 heteroatoms. The molecule has 2 heterocycles. The van der Waals surface area contributed by atoms with E-state index in [1.54, 1.807) is 18.5 Å². The van der Waals surface area contributed by atoms with Crippen LogP contribution in [0.3, 0.4) is 0 Å². The molecule has 0 fully saturated rings. The quantitative estimate of drug-likeness (QED) is 0.565. The number of aromatic carboxylic acids is 1. The minimum Gasteiger partial charge on any atom is -0.477 e. The first-order valence-electron chi connectivity index (χ1n) is 9.32. The first kappa shape index (κ1) is 18.6. The van der Waals surface area contributed by atoms with Crippen molar-refractivity contribution in [2.45, 2.75) is 20.4 Å². The van der Waals surface area contributed by atoms with Crippen LogP contribution in [0, 0.1) is 13.8 Å². The number of carboxylic acid groups (broad SMARTS) is 1. The molecule has 0 saturated heterocycles.